The smallest absolute Gasteiger partial charge is 0.280 e. The van der Waals surface area contributed by atoms with E-state index in [1.54, 1.807) is 13.8 Å². The fourth-order valence-corrected chi connectivity index (χ4v) is 2.57. The lowest BCUT2D eigenvalue weighted by Crippen LogP contribution is -2.44. The summed E-state index contributed by atoms with van der Waals surface area (Å²) in [6.45, 7) is 2.51. The normalized spacial score (nSPS) is 25.1. The number of aliphatic hydroxyl groups excluding tert-OH is 1. The summed E-state index contributed by atoms with van der Waals surface area (Å²) in [5.41, 5.74) is -1.02. The molecule has 3 heterocycles. The van der Waals surface area contributed by atoms with Gasteiger partial charge in [-0.25, -0.2) is 9.37 Å². The molecule has 0 spiro atoms. The molecule has 1 unspecified atom stereocenters. The number of halogens is 1. The number of alkyl halides is 1. The predicted octanol–water partition coefficient (Wildman–Crippen LogP) is -1.38. The van der Waals surface area contributed by atoms with Gasteiger partial charge in [-0.2, -0.15) is 4.98 Å². The molecule has 26 heavy (non-hydrogen) atoms. The average molecular weight is 371 g/mol. The fraction of sp³-hybridized carbons (Fsp3) is 0.571. The number of ether oxygens (including phenoxy) is 1. The van der Waals surface area contributed by atoms with Crippen molar-refractivity contribution in [1.29, 1.82) is 0 Å². The minimum atomic E-state index is -2.98. The maximum absolute atomic E-state index is 14.1. The van der Waals surface area contributed by atoms with Crippen LogP contribution in [0.2, 0.25) is 0 Å². The highest BCUT2D eigenvalue weighted by molar-refractivity contribution is 5.91. The van der Waals surface area contributed by atoms with E-state index in [2.05, 4.69) is 20.3 Å². The monoisotopic (exact) mass is 371 g/mol. The molecule has 142 valence electrons. The molecule has 1 saturated heterocycles. The Hall–Kier alpha value is -2.41. The van der Waals surface area contributed by atoms with Gasteiger partial charge < -0.3 is 20.1 Å². The zero-order chi connectivity index (χ0) is 19.2. The third-order valence-electron chi connectivity index (χ3n) is 4.03. The predicted molar refractivity (Wildman–Crippen MR) is 84.7 cm³/mol. The number of hydrogen-bond acceptors (Lipinski definition) is 8. The summed E-state index contributed by atoms with van der Waals surface area (Å²) in [5, 5.41) is 31.6. The van der Waals surface area contributed by atoms with Gasteiger partial charge in [0.05, 0.1) is 12.9 Å². The molecule has 1 fully saturated rings. The molecule has 1 amide bonds. The summed E-state index contributed by atoms with van der Waals surface area (Å²) in [6.07, 6.45) is -4.45. The molecule has 5 N–H and O–H groups in total. The molecular formula is C14H18FN5O6. The van der Waals surface area contributed by atoms with E-state index in [0.717, 1.165) is 10.9 Å². The topological polar surface area (TPSA) is 163 Å². The first-order valence-corrected chi connectivity index (χ1v) is 7.79. The van der Waals surface area contributed by atoms with Gasteiger partial charge in [0.2, 0.25) is 17.6 Å². The minimum absolute atomic E-state index is 0.156. The number of rotatable bonds is 4. The number of amides is 1. The van der Waals surface area contributed by atoms with Crippen LogP contribution < -0.4 is 10.9 Å². The zero-order valence-electron chi connectivity index (χ0n) is 13.9. The quantitative estimate of drug-likeness (QED) is 0.411. The number of fused-ring (bicyclic) bond motifs is 1. The molecule has 1 aliphatic rings. The Bertz CT molecular complexity index is 894. The van der Waals surface area contributed by atoms with Crippen LogP contribution in [0.4, 0.5) is 10.3 Å². The van der Waals surface area contributed by atoms with Gasteiger partial charge in [-0.1, -0.05) is 13.8 Å². The summed E-state index contributed by atoms with van der Waals surface area (Å²) < 4.78 is 20.2. The molecule has 0 saturated carbocycles. The summed E-state index contributed by atoms with van der Waals surface area (Å²) >= 11 is 0. The number of aromatic nitrogens is 4. The molecular weight excluding hydrogens is 353 g/mol. The lowest BCUT2D eigenvalue weighted by molar-refractivity contribution is -0.236. The first-order valence-electron chi connectivity index (χ1n) is 7.79. The SMILES string of the molecule is CC(C)C(=O)Nc1nc2c(ncn2[C@@H]2O[C@H](CO)C(F)C2(O)O)c(=O)[nH]1. The number of imidazole rings is 1. The number of aliphatic hydroxyl groups is 3. The molecule has 12 heteroatoms. The van der Waals surface area contributed by atoms with E-state index < -0.39 is 42.4 Å². The standard InChI is InChI=1S/C14H18FN5O6/c1-5(2)10(22)18-13-17-9-7(11(23)19-13)16-4-20(9)12-14(24,25)8(15)6(3-21)26-12/h4-6,8,12,21,24-25H,3H2,1-2H3,(H2,17,18,19,22,23)/t6-,8?,12-/m1/s1. The Morgan fingerprint density at radius 1 is 1.54 bits per heavy atom. The van der Waals surface area contributed by atoms with E-state index in [0.29, 0.717) is 0 Å². The molecule has 1 aliphatic heterocycles. The lowest BCUT2D eigenvalue weighted by atomic mass is 10.1. The number of carbonyl (C=O) groups is 1. The van der Waals surface area contributed by atoms with Crippen molar-refractivity contribution in [2.24, 2.45) is 5.92 Å². The second kappa shape index (κ2) is 6.39. The van der Waals surface area contributed by atoms with Crippen molar-refractivity contribution < 1.29 is 29.2 Å². The van der Waals surface area contributed by atoms with Gasteiger partial charge in [0, 0.05) is 5.92 Å². The van der Waals surface area contributed by atoms with Crippen molar-refractivity contribution >= 4 is 23.0 Å². The van der Waals surface area contributed by atoms with Crippen LogP contribution in [0.3, 0.4) is 0 Å². The highest BCUT2D eigenvalue weighted by Gasteiger charge is 2.57. The maximum atomic E-state index is 14.1. The van der Waals surface area contributed by atoms with Crippen molar-refractivity contribution in [3.63, 3.8) is 0 Å². The highest BCUT2D eigenvalue weighted by atomic mass is 19.1. The van der Waals surface area contributed by atoms with Crippen molar-refractivity contribution in [1.82, 2.24) is 19.5 Å². The zero-order valence-corrected chi connectivity index (χ0v) is 13.9. The highest BCUT2D eigenvalue weighted by Crippen LogP contribution is 2.39. The third-order valence-corrected chi connectivity index (χ3v) is 4.03. The average Bonchev–Trinajstić information content (AvgIpc) is 3.07. The molecule has 0 aromatic carbocycles. The number of aromatic amines is 1. The summed E-state index contributed by atoms with van der Waals surface area (Å²) in [7, 11) is 0. The molecule has 0 radical (unpaired) electrons. The van der Waals surface area contributed by atoms with E-state index in [9.17, 15) is 24.2 Å². The molecule has 11 nitrogen and oxygen atoms in total. The third kappa shape index (κ3) is 2.86. The second-order valence-electron chi connectivity index (χ2n) is 6.28. The first-order chi connectivity index (χ1) is 12.2. The van der Waals surface area contributed by atoms with Crippen molar-refractivity contribution in [2.45, 2.75) is 38.1 Å². The number of nitrogens with one attached hydrogen (secondary N) is 2. The van der Waals surface area contributed by atoms with Gasteiger partial charge >= 0.3 is 0 Å². The van der Waals surface area contributed by atoms with E-state index in [-0.39, 0.29) is 23.0 Å². The maximum Gasteiger partial charge on any atom is 0.280 e. The van der Waals surface area contributed by atoms with Crippen molar-refractivity contribution in [3.8, 4) is 0 Å². The van der Waals surface area contributed by atoms with Gasteiger partial charge in [-0.05, 0) is 0 Å². The Morgan fingerprint density at radius 2 is 2.23 bits per heavy atom. The molecule has 3 rings (SSSR count). The number of hydrogen-bond donors (Lipinski definition) is 5. The van der Waals surface area contributed by atoms with Crippen molar-refractivity contribution in [3.05, 3.63) is 16.7 Å². The van der Waals surface area contributed by atoms with E-state index >= 15 is 0 Å². The number of anilines is 1. The van der Waals surface area contributed by atoms with Crippen LogP contribution >= 0.6 is 0 Å². The van der Waals surface area contributed by atoms with Gasteiger partial charge in [0.25, 0.3) is 5.56 Å². The lowest BCUT2D eigenvalue weighted by Gasteiger charge is -2.24. The number of H-pyrrole nitrogens is 1. The summed E-state index contributed by atoms with van der Waals surface area (Å²) in [4.78, 5) is 34.1. The Kier molecular flexibility index (Phi) is 4.52. The molecule has 2 aromatic rings. The fourth-order valence-electron chi connectivity index (χ4n) is 2.57. The van der Waals surface area contributed by atoms with E-state index in [1.165, 1.54) is 0 Å². The van der Waals surface area contributed by atoms with E-state index in [1.807, 2.05) is 0 Å². The largest absolute Gasteiger partial charge is 0.394 e. The summed E-state index contributed by atoms with van der Waals surface area (Å²) in [5.74, 6) is -3.94. The van der Waals surface area contributed by atoms with Gasteiger partial charge in [-0.3, -0.25) is 24.5 Å². The Morgan fingerprint density at radius 3 is 2.81 bits per heavy atom. The van der Waals surface area contributed by atoms with Gasteiger partial charge in [-0.15, -0.1) is 0 Å². The van der Waals surface area contributed by atoms with Crippen molar-refractivity contribution in [2.75, 3.05) is 11.9 Å². The van der Waals surface area contributed by atoms with Gasteiger partial charge in [0.1, 0.15) is 6.10 Å². The molecule has 0 bridgehead atoms. The first kappa shape index (κ1) is 18.4. The Labute approximate surface area is 145 Å². The van der Waals surface area contributed by atoms with Crippen LogP contribution in [-0.2, 0) is 9.53 Å². The van der Waals surface area contributed by atoms with Crippen LogP contribution in [0.25, 0.3) is 11.2 Å². The molecule has 0 aliphatic carbocycles. The van der Waals surface area contributed by atoms with Crippen LogP contribution in [0.5, 0.6) is 0 Å². The van der Waals surface area contributed by atoms with Crippen LogP contribution in [-0.4, -0.2) is 65.4 Å². The van der Waals surface area contributed by atoms with Crippen LogP contribution in [0.1, 0.15) is 20.1 Å². The molecule has 2 aromatic heterocycles. The van der Waals surface area contributed by atoms with Crippen LogP contribution in [0, 0.1) is 5.92 Å². The number of nitrogens with zero attached hydrogens (tertiary/aromatic N) is 3. The minimum Gasteiger partial charge on any atom is -0.394 e. The number of carbonyl (C=O) groups excluding carboxylic acids is 1. The van der Waals surface area contributed by atoms with E-state index in [4.69, 9.17) is 9.84 Å². The summed E-state index contributed by atoms with van der Waals surface area (Å²) in [6, 6.07) is 0. The molecule has 3 atom stereocenters. The Balaban J connectivity index is 2.06. The van der Waals surface area contributed by atoms with Gasteiger partial charge in [0.15, 0.2) is 23.6 Å². The van der Waals surface area contributed by atoms with Crippen LogP contribution in [0.15, 0.2) is 11.1 Å². The second-order valence-corrected chi connectivity index (χ2v) is 6.28.